The summed E-state index contributed by atoms with van der Waals surface area (Å²) in [6, 6.07) is 4.94. The van der Waals surface area contributed by atoms with Crippen molar-refractivity contribution in [3.63, 3.8) is 0 Å². The van der Waals surface area contributed by atoms with E-state index in [1.807, 2.05) is 13.8 Å². The molecule has 0 bridgehead atoms. The highest BCUT2D eigenvalue weighted by atomic mass is 16.6. The van der Waals surface area contributed by atoms with Crippen LogP contribution in [-0.2, 0) is 4.79 Å². The van der Waals surface area contributed by atoms with Crippen molar-refractivity contribution in [1.82, 2.24) is 0 Å². The van der Waals surface area contributed by atoms with Crippen molar-refractivity contribution in [2.24, 2.45) is 5.92 Å². The van der Waals surface area contributed by atoms with Crippen molar-refractivity contribution in [1.29, 1.82) is 0 Å². The van der Waals surface area contributed by atoms with Gasteiger partial charge in [0, 0.05) is 12.1 Å². The number of hydrogen-bond donors (Lipinski definition) is 1. The van der Waals surface area contributed by atoms with E-state index in [0.717, 1.165) is 0 Å². The number of para-hydroxylation sites is 1. The van der Waals surface area contributed by atoms with Crippen molar-refractivity contribution in [3.05, 3.63) is 33.9 Å². The van der Waals surface area contributed by atoms with Gasteiger partial charge < -0.3 is 10.0 Å². The fourth-order valence-corrected chi connectivity index (χ4v) is 1.99. The van der Waals surface area contributed by atoms with E-state index < -0.39 is 10.9 Å². The standard InChI is InChI=1S/C13H18N2O4/c1-9(2)7-14(8-12(16)17)11-6-4-5-10(3)13(11)15(18)19/h4-6,9H,7-8H2,1-3H3,(H,16,17). The molecule has 0 atom stereocenters. The van der Waals surface area contributed by atoms with E-state index in [9.17, 15) is 14.9 Å². The number of anilines is 1. The van der Waals surface area contributed by atoms with E-state index in [2.05, 4.69) is 0 Å². The molecule has 6 heteroatoms. The summed E-state index contributed by atoms with van der Waals surface area (Å²) in [6.45, 7) is 5.74. The topological polar surface area (TPSA) is 83.7 Å². The normalized spacial score (nSPS) is 10.5. The van der Waals surface area contributed by atoms with Gasteiger partial charge in [0.05, 0.1) is 4.92 Å². The van der Waals surface area contributed by atoms with Gasteiger partial charge in [0.15, 0.2) is 0 Å². The van der Waals surface area contributed by atoms with Crippen molar-refractivity contribution in [2.75, 3.05) is 18.0 Å². The van der Waals surface area contributed by atoms with Crippen LogP contribution in [0.5, 0.6) is 0 Å². The monoisotopic (exact) mass is 266 g/mol. The Kier molecular flexibility index (Phi) is 4.86. The molecule has 0 saturated carbocycles. The molecule has 1 rings (SSSR count). The Morgan fingerprint density at radius 2 is 2.11 bits per heavy atom. The van der Waals surface area contributed by atoms with Gasteiger partial charge in [-0.05, 0) is 18.9 Å². The molecule has 0 radical (unpaired) electrons. The molecular formula is C13H18N2O4. The molecule has 0 unspecified atom stereocenters. The van der Waals surface area contributed by atoms with E-state index >= 15 is 0 Å². The number of carbonyl (C=O) groups is 1. The summed E-state index contributed by atoms with van der Waals surface area (Å²) in [5, 5.41) is 20.1. The first-order valence-electron chi connectivity index (χ1n) is 6.03. The number of hydrogen-bond acceptors (Lipinski definition) is 4. The summed E-state index contributed by atoms with van der Waals surface area (Å²) in [4.78, 5) is 23.2. The maximum atomic E-state index is 11.2. The van der Waals surface area contributed by atoms with Crippen molar-refractivity contribution in [2.45, 2.75) is 20.8 Å². The SMILES string of the molecule is Cc1cccc(N(CC(=O)O)CC(C)C)c1[N+](=O)[O-]. The number of carboxylic acid groups (broad SMARTS) is 1. The lowest BCUT2D eigenvalue weighted by Crippen LogP contribution is -2.33. The average molecular weight is 266 g/mol. The van der Waals surface area contributed by atoms with Gasteiger partial charge in [-0.25, -0.2) is 0 Å². The number of aryl methyl sites for hydroxylation is 1. The predicted molar refractivity (Wildman–Crippen MR) is 72.5 cm³/mol. The van der Waals surface area contributed by atoms with Crippen LogP contribution in [0.3, 0.4) is 0 Å². The molecule has 6 nitrogen and oxygen atoms in total. The summed E-state index contributed by atoms with van der Waals surface area (Å²) >= 11 is 0. The van der Waals surface area contributed by atoms with Crippen LogP contribution in [0, 0.1) is 23.0 Å². The quantitative estimate of drug-likeness (QED) is 0.631. The Labute approximate surface area is 111 Å². The molecule has 0 fully saturated rings. The Hall–Kier alpha value is -2.11. The Bertz CT molecular complexity index is 486. The molecule has 1 aromatic carbocycles. The maximum Gasteiger partial charge on any atom is 0.323 e. The smallest absolute Gasteiger partial charge is 0.323 e. The molecule has 0 aliphatic rings. The third kappa shape index (κ3) is 3.94. The van der Waals surface area contributed by atoms with Crippen molar-refractivity contribution < 1.29 is 14.8 Å². The molecule has 1 aromatic rings. The Morgan fingerprint density at radius 1 is 1.47 bits per heavy atom. The number of benzene rings is 1. The van der Waals surface area contributed by atoms with Crippen LogP contribution in [0.4, 0.5) is 11.4 Å². The number of nitro groups is 1. The van der Waals surface area contributed by atoms with Gasteiger partial charge >= 0.3 is 5.97 Å². The molecule has 0 aliphatic heterocycles. The van der Waals surface area contributed by atoms with Gasteiger partial charge in [-0.3, -0.25) is 14.9 Å². The fourth-order valence-electron chi connectivity index (χ4n) is 1.99. The third-order valence-electron chi connectivity index (χ3n) is 2.65. The van der Waals surface area contributed by atoms with Crippen LogP contribution in [0.1, 0.15) is 19.4 Å². The molecule has 0 spiro atoms. The van der Waals surface area contributed by atoms with Crippen LogP contribution in [-0.4, -0.2) is 29.1 Å². The molecule has 104 valence electrons. The summed E-state index contributed by atoms with van der Waals surface area (Å²) in [7, 11) is 0. The minimum absolute atomic E-state index is 0.0237. The number of aliphatic carboxylic acids is 1. The molecule has 0 amide bonds. The Morgan fingerprint density at radius 3 is 2.58 bits per heavy atom. The largest absolute Gasteiger partial charge is 0.480 e. The zero-order chi connectivity index (χ0) is 14.6. The number of nitrogens with zero attached hydrogens (tertiary/aromatic N) is 2. The minimum atomic E-state index is -1.00. The lowest BCUT2D eigenvalue weighted by Gasteiger charge is -2.24. The summed E-state index contributed by atoms with van der Waals surface area (Å²) < 4.78 is 0. The van der Waals surface area contributed by atoms with Gasteiger partial charge in [0.1, 0.15) is 12.2 Å². The van der Waals surface area contributed by atoms with Crippen LogP contribution in [0.25, 0.3) is 0 Å². The first kappa shape index (κ1) is 14.9. The fraction of sp³-hybridized carbons (Fsp3) is 0.462. The summed E-state index contributed by atoms with van der Waals surface area (Å²) in [5.74, 6) is -0.795. The van der Waals surface area contributed by atoms with Gasteiger partial charge in [-0.15, -0.1) is 0 Å². The minimum Gasteiger partial charge on any atom is -0.480 e. The lowest BCUT2D eigenvalue weighted by atomic mass is 10.1. The molecule has 19 heavy (non-hydrogen) atoms. The second-order valence-corrected chi connectivity index (χ2v) is 4.87. The van der Waals surface area contributed by atoms with Crippen molar-refractivity contribution >= 4 is 17.3 Å². The van der Waals surface area contributed by atoms with Gasteiger partial charge in [0.2, 0.25) is 0 Å². The van der Waals surface area contributed by atoms with Crippen LogP contribution in [0.2, 0.25) is 0 Å². The zero-order valence-electron chi connectivity index (χ0n) is 11.3. The second-order valence-electron chi connectivity index (χ2n) is 4.87. The predicted octanol–water partition coefficient (Wildman–Crippen LogP) is 2.45. The molecule has 0 saturated heterocycles. The molecule has 1 N–H and O–H groups in total. The van der Waals surface area contributed by atoms with Crippen molar-refractivity contribution in [3.8, 4) is 0 Å². The molecule has 0 heterocycles. The maximum absolute atomic E-state index is 11.2. The van der Waals surface area contributed by atoms with E-state index in [0.29, 0.717) is 17.8 Å². The van der Waals surface area contributed by atoms with Crippen LogP contribution >= 0.6 is 0 Å². The lowest BCUT2D eigenvalue weighted by molar-refractivity contribution is -0.384. The Balaban J connectivity index is 3.24. The highest BCUT2D eigenvalue weighted by Gasteiger charge is 2.23. The number of nitro benzene ring substituents is 1. The number of rotatable bonds is 6. The zero-order valence-corrected chi connectivity index (χ0v) is 11.3. The van der Waals surface area contributed by atoms with Gasteiger partial charge in [0.25, 0.3) is 5.69 Å². The number of carboxylic acids is 1. The molecule has 0 aliphatic carbocycles. The highest BCUT2D eigenvalue weighted by Crippen LogP contribution is 2.31. The third-order valence-corrected chi connectivity index (χ3v) is 2.65. The van der Waals surface area contributed by atoms with Gasteiger partial charge in [-0.1, -0.05) is 26.0 Å². The van der Waals surface area contributed by atoms with Gasteiger partial charge in [-0.2, -0.15) is 0 Å². The summed E-state index contributed by atoms with van der Waals surface area (Å²) in [6.07, 6.45) is 0. The second kappa shape index (κ2) is 6.17. The van der Waals surface area contributed by atoms with Crippen LogP contribution < -0.4 is 4.90 Å². The first-order chi connectivity index (χ1) is 8.82. The van der Waals surface area contributed by atoms with E-state index in [-0.39, 0.29) is 18.2 Å². The molecular weight excluding hydrogens is 248 g/mol. The van der Waals surface area contributed by atoms with E-state index in [1.54, 1.807) is 25.1 Å². The van der Waals surface area contributed by atoms with Crippen LogP contribution in [0.15, 0.2) is 18.2 Å². The first-order valence-corrected chi connectivity index (χ1v) is 6.03. The highest BCUT2D eigenvalue weighted by molar-refractivity contribution is 5.77. The molecule has 0 aromatic heterocycles. The van der Waals surface area contributed by atoms with E-state index in [1.165, 1.54) is 4.90 Å². The average Bonchev–Trinajstić information content (AvgIpc) is 2.25. The van der Waals surface area contributed by atoms with E-state index in [4.69, 9.17) is 5.11 Å². The summed E-state index contributed by atoms with van der Waals surface area (Å²) in [5.41, 5.74) is 0.868.